The molecule has 0 bridgehead atoms. The molecule has 0 aromatic heterocycles. The first kappa shape index (κ1) is 21.3. The fourth-order valence-corrected chi connectivity index (χ4v) is 1.61. The first-order valence-corrected chi connectivity index (χ1v) is 7.15. The summed E-state index contributed by atoms with van der Waals surface area (Å²) in [6.45, 7) is 11.2. The van der Waals surface area contributed by atoms with Crippen molar-refractivity contribution in [3.63, 3.8) is 0 Å². The van der Waals surface area contributed by atoms with Crippen molar-refractivity contribution >= 4 is 29.9 Å². The van der Waals surface area contributed by atoms with Crippen LogP contribution >= 0.6 is 24.0 Å². The molecule has 0 aliphatic heterocycles. The molecule has 0 aromatic rings. The molecule has 5 heteroatoms. The van der Waals surface area contributed by atoms with Crippen LogP contribution in [0.4, 0.5) is 0 Å². The summed E-state index contributed by atoms with van der Waals surface area (Å²) in [5.41, 5.74) is 0. The van der Waals surface area contributed by atoms with Crippen LogP contribution in [0.15, 0.2) is 4.99 Å². The third-order valence-electron chi connectivity index (χ3n) is 2.75. The predicted octanol–water partition coefficient (Wildman–Crippen LogP) is 3.02. The van der Waals surface area contributed by atoms with Crippen LogP contribution in [0.1, 0.15) is 47.0 Å². The molecule has 0 rings (SSSR count). The summed E-state index contributed by atoms with van der Waals surface area (Å²) < 4.78 is 5.29. The van der Waals surface area contributed by atoms with Gasteiger partial charge in [-0.3, -0.25) is 4.99 Å². The SMILES string of the molecule is CCOCCCNC(=NC)NC(C)CCC(C)C.I. The molecule has 0 saturated heterocycles. The van der Waals surface area contributed by atoms with Crippen LogP contribution in [-0.4, -0.2) is 38.8 Å². The quantitative estimate of drug-likeness (QED) is 0.278. The van der Waals surface area contributed by atoms with Gasteiger partial charge in [-0.15, -0.1) is 24.0 Å². The van der Waals surface area contributed by atoms with Crippen molar-refractivity contribution in [2.75, 3.05) is 26.8 Å². The number of guanidine groups is 1. The standard InChI is InChI=1S/C14H31N3O.HI/c1-6-18-11-7-10-16-14(15-5)17-13(4)9-8-12(2)3;/h12-13H,6-11H2,1-5H3,(H2,15,16,17);1H. The van der Waals surface area contributed by atoms with Gasteiger partial charge in [-0.2, -0.15) is 0 Å². The normalized spacial score (nSPS) is 13.1. The highest BCUT2D eigenvalue weighted by molar-refractivity contribution is 14.0. The van der Waals surface area contributed by atoms with Crippen LogP contribution in [0.25, 0.3) is 0 Å². The lowest BCUT2D eigenvalue weighted by molar-refractivity contribution is 0.145. The Balaban J connectivity index is 0. The Hall–Kier alpha value is -0.0400. The molecule has 1 atom stereocenters. The maximum Gasteiger partial charge on any atom is 0.191 e. The average Bonchev–Trinajstić information content (AvgIpc) is 2.34. The summed E-state index contributed by atoms with van der Waals surface area (Å²) in [7, 11) is 1.81. The van der Waals surface area contributed by atoms with Crippen LogP contribution in [0.2, 0.25) is 0 Å². The second kappa shape index (κ2) is 14.4. The summed E-state index contributed by atoms with van der Waals surface area (Å²) in [5, 5.41) is 6.72. The van der Waals surface area contributed by atoms with Gasteiger partial charge in [0.1, 0.15) is 0 Å². The Kier molecular flexibility index (Phi) is 16.1. The molecule has 19 heavy (non-hydrogen) atoms. The zero-order chi connectivity index (χ0) is 13.8. The van der Waals surface area contributed by atoms with Gasteiger partial charge in [0.25, 0.3) is 0 Å². The van der Waals surface area contributed by atoms with Gasteiger partial charge >= 0.3 is 0 Å². The molecule has 0 fully saturated rings. The number of nitrogens with zero attached hydrogens (tertiary/aromatic N) is 1. The molecule has 0 aliphatic carbocycles. The van der Waals surface area contributed by atoms with E-state index in [4.69, 9.17) is 4.74 Å². The van der Waals surface area contributed by atoms with E-state index in [1.165, 1.54) is 12.8 Å². The highest BCUT2D eigenvalue weighted by atomic mass is 127. The fraction of sp³-hybridized carbons (Fsp3) is 0.929. The third kappa shape index (κ3) is 14.2. The Morgan fingerprint density at radius 3 is 2.42 bits per heavy atom. The van der Waals surface area contributed by atoms with Gasteiger partial charge in [-0.1, -0.05) is 13.8 Å². The van der Waals surface area contributed by atoms with Crippen LogP contribution in [0, 0.1) is 5.92 Å². The minimum atomic E-state index is 0. The first-order chi connectivity index (χ1) is 8.60. The summed E-state index contributed by atoms with van der Waals surface area (Å²) in [4.78, 5) is 4.23. The van der Waals surface area contributed by atoms with Gasteiger partial charge in [0.2, 0.25) is 0 Å². The molecular weight excluding hydrogens is 353 g/mol. The van der Waals surface area contributed by atoms with Crippen molar-refractivity contribution < 1.29 is 4.74 Å². The highest BCUT2D eigenvalue weighted by Crippen LogP contribution is 2.06. The molecule has 0 saturated carbocycles. The predicted molar refractivity (Wildman–Crippen MR) is 94.6 cm³/mol. The number of halogens is 1. The molecule has 0 aromatic carbocycles. The van der Waals surface area contributed by atoms with Crippen LogP contribution in [0.5, 0.6) is 0 Å². The van der Waals surface area contributed by atoms with Crippen molar-refractivity contribution in [3.05, 3.63) is 0 Å². The van der Waals surface area contributed by atoms with Crippen molar-refractivity contribution in [1.29, 1.82) is 0 Å². The summed E-state index contributed by atoms with van der Waals surface area (Å²) in [6.07, 6.45) is 3.43. The minimum absolute atomic E-state index is 0. The third-order valence-corrected chi connectivity index (χ3v) is 2.75. The van der Waals surface area contributed by atoms with Gasteiger partial charge in [0.05, 0.1) is 0 Å². The second-order valence-corrected chi connectivity index (χ2v) is 5.07. The fourth-order valence-electron chi connectivity index (χ4n) is 1.61. The van der Waals surface area contributed by atoms with E-state index in [2.05, 4.69) is 36.4 Å². The Bertz CT molecular complexity index is 223. The smallest absolute Gasteiger partial charge is 0.191 e. The van der Waals surface area contributed by atoms with Crippen molar-refractivity contribution in [3.8, 4) is 0 Å². The number of rotatable bonds is 9. The van der Waals surface area contributed by atoms with E-state index in [0.29, 0.717) is 6.04 Å². The zero-order valence-electron chi connectivity index (χ0n) is 13.2. The molecule has 0 amide bonds. The first-order valence-electron chi connectivity index (χ1n) is 7.15. The van der Waals surface area contributed by atoms with Crippen molar-refractivity contribution in [1.82, 2.24) is 10.6 Å². The molecule has 4 nitrogen and oxygen atoms in total. The van der Waals surface area contributed by atoms with Gasteiger partial charge in [-0.05, 0) is 39.0 Å². The topological polar surface area (TPSA) is 45.6 Å². The van der Waals surface area contributed by atoms with E-state index in [9.17, 15) is 0 Å². The molecule has 1 unspecified atom stereocenters. The summed E-state index contributed by atoms with van der Waals surface area (Å²) in [6, 6.07) is 0.463. The molecule has 0 spiro atoms. The number of ether oxygens (including phenoxy) is 1. The lowest BCUT2D eigenvalue weighted by Gasteiger charge is -2.18. The minimum Gasteiger partial charge on any atom is -0.382 e. The monoisotopic (exact) mass is 385 g/mol. The highest BCUT2D eigenvalue weighted by Gasteiger charge is 2.05. The number of hydrogen-bond acceptors (Lipinski definition) is 2. The van der Waals surface area contributed by atoms with Crippen LogP contribution in [-0.2, 0) is 4.74 Å². The molecule has 0 radical (unpaired) electrons. The van der Waals surface area contributed by atoms with Crippen LogP contribution < -0.4 is 10.6 Å². The molecule has 2 N–H and O–H groups in total. The van der Waals surface area contributed by atoms with E-state index < -0.39 is 0 Å². The van der Waals surface area contributed by atoms with E-state index in [-0.39, 0.29) is 24.0 Å². The number of hydrogen-bond donors (Lipinski definition) is 2. The maximum atomic E-state index is 5.29. The van der Waals surface area contributed by atoms with E-state index >= 15 is 0 Å². The van der Waals surface area contributed by atoms with Crippen LogP contribution in [0.3, 0.4) is 0 Å². The number of aliphatic imine (C=N–C) groups is 1. The van der Waals surface area contributed by atoms with E-state index in [1.54, 1.807) is 0 Å². The van der Waals surface area contributed by atoms with Gasteiger partial charge in [-0.25, -0.2) is 0 Å². The summed E-state index contributed by atoms with van der Waals surface area (Å²) in [5.74, 6) is 1.65. The van der Waals surface area contributed by atoms with Gasteiger partial charge < -0.3 is 15.4 Å². The number of nitrogens with one attached hydrogen (secondary N) is 2. The summed E-state index contributed by atoms with van der Waals surface area (Å²) >= 11 is 0. The van der Waals surface area contributed by atoms with Crippen molar-refractivity contribution in [2.45, 2.75) is 53.0 Å². The average molecular weight is 385 g/mol. The van der Waals surface area contributed by atoms with Gasteiger partial charge in [0.15, 0.2) is 5.96 Å². The van der Waals surface area contributed by atoms with E-state index in [0.717, 1.165) is 38.1 Å². The molecular formula is C14H32IN3O. The lowest BCUT2D eigenvalue weighted by atomic mass is 10.0. The van der Waals surface area contributed by atoms with E-state index in [1.807, 2.05) is 14.0 Å². The largest absolute Gasteiger partial charge is 0.382 e. The lowest BCUT2D eigenvalue weighted by Crippen LogP contribution is -2.42. The second-order valence-electron chi connectivity index (χ2n) is 5.07. The Morgan fingerprint density at radius 1 is 1.21 bits per heavy atom. The maximum absolute atomic E-state index is 5.29. The Morgan fingerprint density at radius 2 is 1.89 bits per heavy atom. The zero-order valence-corrected chi connectivity index (χ0v) is 15.5. The Labute approximate surface area is 136 Å². The molecule has 0 heterocycles. The molecule has 0 aliphatic rings. The van der Waals surface area contributed by atoms with Crippen molar-refractivity contribution in [2.24, 2.45) is 10.9 Å². The molecule has 116 valence electrons. The van der Waals surface area contributed by atoms with Gasteiger partial charge in [0, 0.05) is 32.8 Å².